The van der Waals surface area contributed by atoms with Crippen LogP contribution in [0.1, 0.15) is 37.0 Å². The van der Waals surface area contributed by atoms with Crippen LogP contribution in [0.25, 0.3) is 0 Å². The lowest BCUT2D eigenvalue weighted by atomic mass is 9.73. The van der Waals surface area contributed by atoms with Gasteiger partial charge in [-0.15, -0.1) is 0 Å². The molecular weight excluding hydrogens is 350 g/mol. The summed E-state index contributed by atoms with van der Waals surface area (Å²) in [6.07, 6.45) is 2.84. The number of rotatable bonds is 4. The van der Waals surface area contributed by atoms with Crippen molar-refractivity contribution in [1.29, 1.82) is 0 Å². The van der Waals surface area contributed by atoms with Crippen molar-refractivity contribution in [3.8, 4) is 0 Å². The third-order valence-electron chi connectivity index (χ3n) is 4.50. The lowest BCUT2D eigenvalue weighted by molar-refractivity contribution is -0.124. The molecule has 1 aliphatic rings. The zero-order chi connectivity index (χ0) is 18.9. The molecule has 136 valence electrons. The fourth-order valence-corrected chi connectivity index (χ4v) is 3.25. The van der Waals surface area contributed by atoms with E-state index < -0.39 is 28.5 Å². The van der Waals surface area contributed by atoms with Gasteiger partial charge in [0, 0.05) is 19.0 Å². The third kappa shape index (κ3) is 4.00. The summed E-state index contributed by atoms with van der Waals surface area (Å²) in [6, 6.07) is 2.03. The van der Waals surface area contributed by atoms with E-state index in [2.05, 4.69) is 0 Å². The van der Waals surface area contributed by atoms with Crippen molar-refractivity contribution in [2.24, 2.45) is 17.1 Å². The first-order chi connectivity index (χ1) is 11.5. The Morgan fingerprint density at radius 3 is 2.64 bits per heavy atom. The van der Waals surface area contributed by atoms with Crippen molar-refractivity contribution < 1.29 is 18.4 Å². The molecule has 0 saturated heterocycles. The van der Waals surface area contributed by atoms with Crippen LogP contribution in [-0.4, -0.2) is 30.2 Å². The lowest BCUT2D eigenvalue weighted by Gasteiger charge is -2.32. The van der Waals surface area contributed by atoms with E-state index in [1.54, 1.807) is 6.08 Å². The average Bonchev–Trinajstić information content (AvgIpc) is 2.53. The van der Waals surface area contributed by atoms with Crippen LogP contribution >= 0.6 is 11.6 Å². The SMILES string of the molecule is CN(CCC1C=C(N)C(=O)C(C)(C)C1)C(=O)c1c(F)ccc(Cl)c1F. The first kappa shape index (κ1) is 19.4. The monoisotopic (exact) mass is 370 g/mol. The smallest absolute Gasteiger partial charge is 0.259 e. The van der Waals surface area contributed by atoms with Crippen molar-refractivity contribution in [2.75, 3.05) is 13.6 Å². The van der Waals surface area contributed by atoms with Gasteiger partial charge in [0.2, 0.25) is 0 Å². The maximum absolute atomic E-state index is 14.0. The largest absolute Gasteiger partial charge is 0.396 e. The molecule has 0 radical (unpaired) electrons. The number of nitrogens with zero attached hydrogens (tertiary/aromatic N) is 1. The number of carbonyl (C=O) groups excluding carboxylic acids is 2. The van der Waals surface area contributed by atoms with Crippen molar-refractivity contribution >= 4 is 23.3 Å². The molecule has 0 saturated carbocycles. The molecule has 4 nitrogen and oxygen atoms in total. The van der Waals surface area contributed by atoms with Gasteiger partial charge in [0.25, 0.3) is 5.91 Å². The Kier molecular flexibility index (Phi) is 5.52. The Hall–Kier alpha value is -1.95. The van der Waals surface area contributed by atoms with Gasteiger partial charge in [-0.2, -0.15) is 0 Å². The highest BCUT2D eigenvalue weighted by Crippen LogP contribution is 2.35. The average molecular weight is 371 g/mol. The summed E-state index contributed by atoms with van der Waals surface area (Å²) in [5.41, 5.74) is 4.78. The second-order valence-corrected chi connectivity index (χ2v) is 7.44. The topological polar surface area (TPSA) is 63.4 Å². The number of halogens is 3. The predicted octanol–water partition coefficient (Wildman–Crippen LogP) is 3.54. The zero-order valence-corrected chi connectivity index (χ0v) is 15.2. The van der Waals surface area contributed by atoms with Gasteiger partial charge in [-0.05, 0) is 30.9 Å². The normalized spacial score (nSPS) is 19.5. The minimum absolute atomic E-state index is 0.0111. The van der Waals surface area contributed by atoms with Crippen molar-refractivity contribution in [1.82, 2.24) is 4.90 Å². The van der Waals surface area contributed by atoms with Gasteiger partial charge in [0.05, 0.1) is 10.7 Å². The second kappa shape index (κ2) is 7.12. The summed E-state index contributed by atoms with van der Waals surface area (Å²) in [5.74, 6) is -2.87. The van der Waals surface area contributed by atoms with Gasteiger partial charge in [-0.1, -0.05) is 31.5 Å². The fourth-order valence-electron chi connectivity index (χ4n) is 3.09. The molecule has 1 unspecified atom stereocenters. The fraction of sp³-hybridized carbons (Fsp3) is 0.444. The van der Waals surface area contributed by atoms with Gasteiger partial charge in [0.1, 0.15) is 11.4 Å². The highest BCUT2D eigenvalue weighted by molar-refractivity contribution is 6.31. The van der Waals surface area contributed by atoms with E-state index in [1.807, 2.05) is 13.8 Å². The van der Waals surface area contributed by atoms with Gasteiger partial charge < -0.3 is 10.6 Å². The number of allylic oxidation sites excluding steroid dienone is 2. The maximum Gasteiger partial charge on any atom is 0.259 e. The molecule has 0 heterocycles. The number of amides is 1. The summed E-state index contributed by atoms with van der Waals surface area (Å²) >= 11 is 5.63. The molecule has 1 atom stereocenters. The molecule has 2 N–H and O–H groups in total. The molecule has 1 aromatic rings. The summed E-state index contributed by atoms with van der Waals surface area (Å²) in [6.45, 7) is 3.92. The van der Waals surface area contributed by atoms with Crippen LogP contribution in [0.4, 0.5) is 8.78 Å². The van der Waals surface area contributed by atoms with Crippen molar-refractivity contribution in [3.63, 3.8) is 0 Å². The van der Waals surface area contributed by atoms with Crippen molar-refractivity contribution in [2.45, 2.75) is 26.7 Å². The van der Waals surface area contributed by atoms with Crippen LogP contribution in [0.5, 0.6) is 0 Å². The molecule has 7 heteroatoms. The number of nitrogens with two attached hydrogens (primary N) is 1. The van der Waals surface area contributed by atoms with E-state index in [0.717, 1.165) is 12.1 Å². The van der Waals surface area contributed by atoms with Gasteiger partial charge in [-0.25, -0.2) is 8.78 Å². The molecule has 25 heavy (non-hydrogen) atoms. The van der Waals surface area contributed by atoms with Gasteiger partial charge in [-0.3, -0.25) is 9.59 Å². The zero-order valence-electron chi connectivity index (χ0n) is 14.4. The Morgan fingerprint density at radius 2 is 2.04 bits per heavy atom. The third-order valence-corrected chi connectivity index (χ3v) is 4.80. The van der Waals surface area contributed by atoms with Gasteiger partial charge in [0.15, 0.2) is 11.6 Å². The molecule has 0 fully saturated rings. The van der Waals surface area contributed by atoms with Crippen LogP contribution in [-0.2, 0) is 4.79 Å². The van der Waals surface area contributed by atoms with Crippen LogP contribution in [0, 0.1) is 23.0 Å². The van der Waals surface area contributed by atoms with E-state index >= 15 is 0 Å². The van der Waals surface area contributed by atoms with Crippen LogP contribution in [0.2, 0.25) is 5.02 Å². The summed E-state index contributed by atoms with van der Waals surface area (Å²) in [4.78, 5) is 25.6. The standard InChI is InChI=1S/C18H21ClF2N2O2/c1-18(2)9-10(8-13(22)16(18)24)6-7-23(3)17(25)14-12(20)5-4-11(19)15(14)21/h4-5,8,10H,6-7,9,22H2,1-3H3. The van der Waals surface area contributed by atoms with Crippen LogP contribution in [0.3, 0.4) is 0 Å². The predicted molar refractivity (Wildman–Crippen MR) is 92.1 cm³/mol. The van der Waals surface area contributed by atoms with Crippen LogP contribution < -0.4 is 5.73 Å². The molecule has 0 spiro atoms. The van der Waals surface area contributed by atoms with Gasteiger partial charge >= 0.3 is 0 Å². The number of carbonyl (C=O) groups is 2. The van der Waals surface area contributed by atoms with E-state index in [0.29, 0.717) is 12.8 Å². The highest BCUT2D eigenvalue weighted by Gasteiger charge is 2.36. The summed E-state index contributed by atoms with van der Waals surface area (Å²) < 4.78 is 27.8. The summed E-state index contributed by atoms with van der Waals surface area (Å²) in [5, 5.41) is -0.304. The molecule has 0 bridgehead atoms. The first-order valence-corrected chi connectivity index (χ1v) is 8.33. The quantitative estimate of drug-likeness (QED) is 0.824. The Morgan fingerprint density at radius 1 is 1.40 bits per heavy atom. The molecule has 1 amide bonds. The lowest BCUT2D eigenvalue weighted by Crippen LogP contribution is -2.37. The van der Waals surface area contributed by atoms with E-state index in [4.69, 9.17) is 17.3 Å². The van der Waals surface area contributed by atoms with E-state index in [9.17, 15) is 18.4 Å². The molecule has 1 aliphatic carbocycles. The molecule has 2 rings (SSSR count). The maximum atomic E-state index is 14.0. The van der Waals surface area contributed by atoms with Crippen LogP contribution in [0.15, 0.2) is 23.9 Å². The minimum atomic E-state index is -1.06. The molecule has 0 aliphatic heterocycles. The first-order valence-electron chi connectivity index (χ1n) is 7.95. The molecule has 1 aromatic carbocycles. The molecule has 0 aromatic heterocycles. The number of hydrogen-bond donors (Lipinski definition) is 1. The molecular formula is C18H21ClF2N2O2. The number of ketones is 1. The Balaban J connectivity index is 2.09. The second-order valence-electron chi connectivity index (χ2n) is 7.03. The highest BCUT2D eigenvalue weighted by atomic mass is 35.5. The Labute approximate surface area is 150 Å². The number of Topliss-reactive ketones (excluding diaryl/α,β-unsaturated/α-hetero) is 1. The minimum Gasteiger partial charge on any atom is -0.396 e. The van der Waals surface area contributed by atoms with E-state index in [-0.39, 0.29) is 29.0 Å². The summed E-state index contributed by atoms with van der Waals surface area (Å²) in [7, 11) is 1.47. The number of hydrogen-bond acceptors (Lipinski definition) is 3. The Bertz CT molecular complexity index is 747. The van der Waals surface area contributed by atoms with E-state index in [1.165, 1.54) is 11.9 Å². The van der Waals surface area contributed by atoms with Crippen molar-refractivity contribution in [3.05, 3.63) is 46.1 Å². The number of benzene rings is 1.